The van der Waals surface area contributed by atoms with Crippen molar-refractivity contribution in [1.82, 2.24) is 5.32 Å². The van der Waals surface area contributed by atoms with Gasteiger partial charge in [0.25, 0.3) is 0 Å². The summed E-state index contributed by atoms with van der Waals surface area (Å²) < 4.78 is 31.2. The smallest absolute Gasteiger partial charge is 0.328 e. The summed E-state index contributed by atoms with van der Waals surface area (Å²) in [5.41, 5.74) is 0.807. The van der Waals surface area contributed by atoms with Gasteiger partial charge >= 0.3 is 5.97 Å². The Bertz CT molecular complexity index is 765. The van der Waals surface area contributed by atoms with Crippen LogP contribution in [0.3, 0.4) is 0 Å². The minimum Gasteiger partial charge on any atom is -0.467 e. The van der Waals surface area contributed by atoms with Crippen molar-refractivity contribution in [3.05, 3.63) is 70.2 Å². The van der Waals surface area contributed by atoms with E-state index < -0.39 is 29.6 Å². The van der Waals surface area contributed by atoms with E-state index in [2.05, 4.69) is 5.32 Å². The van der Waals surface area contributed by atoms with Gasteiger partial charge in [-0.2, -0.15) is 0 Å². The molecule has 0 aliphatic heterocycles. The van der Waals surface area contributed by atoms with Crippen molar-refractivity contribution in [2.24, 2.45) is 0 Å². The number of carbonyl (C=O) groups excluding carboxylic acids is 2. The van der Waals surface area contributed by atoms with E-state index in [0.717, 1.165) is 11.6 Å². The lowest BCUT2D eigenvalue weighted by Crippen LogP contribution is -2.43. The van der Waals surface area contributed by atoms with Gasteiger partial charge in [0.05, 0.1) is 13.5 Å². The summed E-state index contributed by atoms with van der Waals surface area (Å²) >= 11 is 5.82. The van der Waals surface area contributed by atoms with Gasteiger partial charge in [-0.05, 0) is 29.3 Å². The average molecular weight is 368 g/mol. The zero-order chi connectivity index (χ0) is 18.4. The van der Waals surface area contributed by atoms with Crippen LogP contribution in [0.25, 0.3) is 0 Å². The lowest BCUT2D eigenvalue weighted by molar-refractivity contribution is -0.145. The Morgan fingerprint density at radius 3 is 2.44 bits per heavy atom. The van der Waals surface area contributed by atoms with Crippen molar-refractivity contribution in [3.63, 3.8) is 0 Å². The number of amides is 1. The fraction of sp³-hybridized carbons (Fsp3) is 0.222. The molecule has 0 unspecified atom stereocenters. The third-order valence-corrected chi connectivity index (χ3v) is 3.79. The summed E-state index contributed by atoms with van der Waals surface area (Å²) in [6, 6.07) is 8.82. The maximum atomic E-state index is 13.6. The van der Waals surface area contributed by atoms with Crippen molar-refractivity contribution < 1.29 is 23.1 Å². The second kappa shape index (κ2) is 8.58. The van der Waals surface area contributed by atoms with E-state index in [1.807, 2.05) is 0 Å². The fourth-order valence-electron chi connectivity index (χ4n) is 2.28. The highest BCUT2D eigenvalue weighted by Crippen LogP contribution is 2.13. The molecule has 0 aliphatic rings. The van der Waals surface area contributed by atoms with Gasteiger partial charge in [-0.15, -0.1) is 0 Å². The highest BCUT2D eigenvalue weighted by atomic mass is 35.5. The van der Waals surface area contributed by atoms with E-state index in [1.54, 1.807) is 24.3 Å². The van der Waals surface area contributed by atoms with Gasteiger partial charge in [-0.3, -0.25) is 4.79 Å². The van der Waals surface area contributed by atoms with E-state index in [1.165, 1.54) is 13.2 Å². The first kappa shape index (κ1) is 18.9. The van der Waals surface area contributed by atoms with Gasteiger partial charge < -0.3 is 10.1 Å². The van der Waals surface area contributed by atoms with Crippen LogP contribution in [0, 0.1) is 11.6 Å². The maximum Gasteiger partial charge on any atom is 0.328 e. The van der Waals surface area contributed by atoms with Crippen molar-refractivity contribution in [1.29, 1.82) is 0 Å². The van der Waals surface area contributed by atoms with Gasteiger partial charge in [-0.1, -0.05) is 29.8 Å². The van der Waals surface area contributed by atoms with Crippen LogP contribution in [0.1, 0.15) is 11.1 Å². The Morgan fingerprint density at radius 2 is 1.84 bits per heavy atom. The molecule has 1 N–H and O–H groups in total. The van der Waals surface area contributed by atoms with Crippen LogP contribution in [0.4, 0.5) is 8.78 Å². The molecule has 2 rings (SSSR count). The number of halogens is 3. The van der Waals surface area contributed by atoms with Crippen molar-refractivity contribution in [3.8, 4) is 0 Å². The normalized spacial score (nSPS) is 11.7. The Kier molecular flexibility index (Phi) is 6.47. The van der Waals surface area contributed by atoms with Crippen LogP contribution in [0.15, 0.2) is 42.5 Å². The van der Waals surface area contributed by atoms with E-state index >= 15 is 0 Å². The Hall–Kier alpha value is -2.47. The fourth-order valence-corrected chi connectivity index (χ4v) is 2.40. The molecule has 0 saturated heterocycles. The Labute approximate surface area is 148 Å². The molecule has 25 heavy (non-hydrogen) atoms. The molecule has 0 fully saturated rings. The maximum absolute atomic E-state index is 13.6. The first-order chi connectivity index (χ1) is 11.9. The Balaban J connectivity index is 2.06. The molecule has 2 aromatic carbocycles. The molecule has 0 radical (unpaired) electrons. The number of carbonyl (C=O) groups is 2. The number of ether oxygens (including phenoxy) is 1. The van der Waals surface area contributed by atoms with Crippen LogP contribution >= 0.6 is 11.6 Å². The van der Waals surface area contributed by atoms with E-state index in [9.17, 15) is 18.4 Å². The second-order valence-corrected chi connectivity index (χ2v) is 5.82. The van der Waals surface area contributed by atoms with E-state index in [0.29, 0.717) is 11.1 Å². The number of nitrogens with one attached hydrogen (secondary N) is 1. The van der Waals surface area contributed by atoms with Crippen LogP contribution < -0.4 is 5.32 Å². The van der Waals surface area contributed by atoms with Crippen LogP contribution in [-0.2, 0) is 27.2 Å². The summed E-state index contributed by atoms with van der Waals surface area (Å²) in [6.07, 6.45) is -0.123. The highest BCUT2D eigenvalue weighted by molar-refractivity contribution is 6.30. The molecule has 0 spiro atoms. The molecule has 0 bridgehead atoms. The zero-order valence-corrected chi connectivity index (χ0v) is 14.1. The first-order valence-corrected chi connectivity index (χ1v) is 7.82. The number of hydrogen-bond donors (Lipinski definition) is 1. The summed E-state index contributed by atoms with van der Waals surface area (Å²) in [4.78, 5) is 24.0. The van der Waals surface area contributed by atoms with Crippen LogP contribution in [0.5, 0.6) is 0 Å². The number of methoxy groups -OCH3 is 1. The minimum atomic E-state index is -0.929. The predicted octanol–water partition coefficient (Wildman–Crippen LogP) is 3.06. The molecule has 0 saturated carbocycles. The van der Waals surface area contributed by atoms with Crippen LogP contribution in [0.2, 0.25) is 5.02 Å². The van der Waals surface area contributed by atoms with Gasteiger partial charge in [0.2, 0.25) is 5.91 Å². The van der Waals surface area contributed by atoms with Gasteiger partial charge in [0, 0.05) is 17.5 Å². The average Bonchev–Trinajstić information content (AvgIpc) is 2.58. The minimum absolute atomic E-state index is 0.0361. The van der Waals surface area contributed by atoms with Crippen molar-refractivity contribution in [2.75, 3.05) is 7.11 Å². The predicted molar refractivity (Wildman–Crippen MR) is 89.2 cm³/mol. The molecule has 0 aromatic heterocycles. The summed E-state index contributed by atoms with van der Waals surface area (Å²) in [5, 5.41) is 3.06. The molecule has 4 nitrogen and oxygen atoms in total. The second-order valence-electron chi connectivity index (χ2n) is 5.39. The number of benzene rings is 2. The topological polar surface area (TPSA) is 55.4 Å². The SMILES string of the molecule is COC(=O)[C@@H](Cc1ccc(Cl)cc1)NC(=O)Cc1ccc(F)cc1F. The number of hydrogen-bond acceptors (Lipinski definition) is 3. The molecule has 0 aliphatic carbocycles. The third-order valence-electron chi connectivity index (χ3n) is 3.54. The zero-order valence-electron chi connectivity index (χ0n) is 13.4. The van der Waals surface area contributed by atoms with Gasteiger partial charge in [-0.25, -0.2) is 13.6 Å². The molecule has 1 amide bonds. The summed E-state index contributed by atoms with van der Waals surface area (Å²) in [7, 11) is 1.21. The van der Waals surface area contributed by atoms with Gasteiger partial charge in [0.15, 0.2) is 0 Å². The summed E-state index contributed by atoms with van der Waals surface area (Å²) in [5.74, 6) is -2.74. The van der Waals surface area contributed by atoms with Crippen molar-refractivity contribution in [2.45, 2.75) is 18.9 Å². The van der Waals surface area contributed by atoms with E-state index in [-0.39, 0.29) is 18.4 Å². The van der Waals surface area contributed by atoms with Crippen molar-refractivity contribution >= 4 is 23.5 Å². The largest absolute Gasteiger partial charge is 0.467 e. The summed E-state index contributed by atoms with van der Waals surface area (Å²) in [6.45, 7) is 0. The molecule has 132 valence electrons. The number of esters is 1. The van der Waals surface area contributed by atoms with Crippen LogP contribution in [-0.4, -0.2) is 25.0 Å². The first-order valence-electron chi connectivity index (χ1n) is 7.44. The quantitative estimate of drug-likeness (QED) is 0.798. The molecule has 2 aromatic rings. The molecular weight excluding hydrogens is 352 g/mol. The molecule has 7 heteroatoms. The number of rotatable bonds is 6. The molecular formula is C18H16ClF2NO3. The Morgan fingerprint density at radius 1 is 1.16 bits per heavy atom. The molecule has 0 heterocycles. The lowest BCUT2D eigenvalue weighted by Gasteiger charge is -2.17. The monoisotopic (exact) mass is 367 g/mol. The van der Waals surface area contributed by atoms with E-state index in [4.69, 9.17) is 16.3 Å². The lowest BCUT2D eigenvalue weighted by atomic mass is 10.1. The van der Waals surface area contributed by atoms with Gasteiger partial charge in [0.1, 0.15) is 17.7 Å². The highest BCUT2D eigenvalue weighted by Gasteiger charge is 2.22. The standard InChI is InChI=1S/C18H16ClF2NO3/c1-25-18(24)16(8-11-2-5-13(19)6-3-11)22-17(23)9-12-4-7-14(20)10-15(12)21/h2-7,10,16H,8-9H2,1H3,(H,22,23)/t16-/m1/s1. The third kappa shape index (κ3) is 5.53. The molecule has 1 atom stereocenters.